The SMILES string of the molecule is Cc1ccsc1CNc1ccc(=O)n(C)n1. The smallest absolute Gasteiger partial charge is 0.266 e. The summed E-state index contributed by atoms with van der Waals surface area (Å²) < 4.78 is 1.32. The van der Waals surface area contributed by atoms with Crippen molar-refractivity contribution in [3.63, 3.8) is 0 Å². The Balaban J connectivity index is 2.08. The molecule has 0 bridgehead atoms. The fourth-order valence-corrected chi connectivity index (χ4v) is 2.20. The van der Waals surface area contributed by atoms with Crippen LogP contribution in [0.25, 0.3) is 0 Å². The number of hydrogen-bond acceptors (Lipinski definition) is 4. The van der Waals surface area contributed by atoms with E-state index in [9.17, 15) is 4.79 Å². The lowest BCUT2D eigenvalue weighted by Gasteiger charge is -2.05. The molecule has 0 aliphatic carbocycles. The van der Waals surface area contributed by atoms with Crippen molar-refractivity contribution in [2.75, 3.05) is 5.32 Å². The van der Waals surface area contributed by atoms with Crippen LogP contribution in [-0.2, 0) is 13.6 Å². The Bertz CT molecular complexity index is 544. The van der Waals surface area contributed by atoms with Crippen LogP contribution < -0.4 is 10.9 Å². The topological polar surface area (TPSA) is 46.9 Å². The highest BCUT2D eigenvalue weighted by atomic mass is 32.1. The van der Waals surface area contributed by atoms with Gasteiger partial charge in [-0.3, -0.25) is 4.79 Å². The van der Waals surface area contributed by atoms with Crippen LogP contribution in [0.5, 0.6) is 0 Å². The van der Waals surface area contributed by atoms with E-state index >= 15 is 0 Å². The lowest BCUT2D eigenvalue weighted by Crippen LogP contribution is -2.19. The normalized spacial score (nSPS) is 10.4. The summed E-state index contributed by atoms with van der Waals surface area (Å²) in [6, 6.07) is 5.30. The Morgan fingerprint density at radius 2 is 2.25 bits per heavy atom. The van der Waals surface area contributed by atoms with Crippen LogP contribution in [0, 0.1) is 6.92 Å². The highest BCUT2D eigenvalue weighted by Crippen LogP contribution is 2.16. The number of rotatable bonds is 3. The first kappa shape index (κ1) is 10.9. The van der Waals surface area contributed by atoms with Crippen molar-refractivity contribution in [3.05, 3.63) is 44.4 Å². The summed E-state index contributed by atoms with van der Waals surface area (Å²) in [5.74, 6) is 0.718. The van der Waals surface area contributed by atoms with Crippen molar-refractivity contribution in [2.45, 2.75) is 13.5 Å². The zero-order chi connectivity index (χ0) is 11.5. The van der Waals surface area contributed by atoms with E-state index in [2.05, 4.69) is 28.8 Å². The molecule has 0 aliphatic rings. The predicted octanol–water partition coefficient (Wildman–Crippen LogP) is 1.76. The quantitative estimate of drug-likeness (QED) is 0.881. The van der Waals surface area contributed by atoms with Gasteiger partial charge in [-0.05, 0) is 30.0 Å². The third-order valence-electron chi connectivity index (χ3n) is 2.36. The van der Waals surface area contributed by atoms with E-state index in [-0.39, 0.29) is 5.56 Å². The number of aryl methyl sites for hydroxylation is 2. The second-order valence-corrected chi connectivity index (χ2v) is 4.56. The molecule has 0 atom stereocenters. The fourth-order valence-electron chi connectivity index (χ4n) is 1.35. The molecule has 0 aliphatic heterocycles. The van der Waals surface area contributed by atoms with Crippen LogP contribution in [0.2, 0.25) is 0 Å². The third kappa shape index (κ3) is 2.30. The van der Waals surface area contributed by atoms with Crippen LogP contribution in [0.15, 0.2) is 28.4 Å². The molecule has 2 aromatic rings. The molecule has 0 aromatic carbocycles. The standard InChI is InChI=1S/C11H13N3OS/c1-8-5-6-16-9(8)7-12-10-3-4-11(15)14(2)13-10/h3-6H,7H2,1-2H3,(H,12,13). The van der Waals surface area contributed by atoms with Crippen molar-refractivity contribution in [1.82, 2.24) is 9.78 Å². The lowest BCUT2D eigenvalue weighted by atomic mass is 10.3. The Hall–Kier alpha value is -1.62. The first-order valence-electron chi connectivity index (χ1n) is 4.98. The third-order valence-corrected chi connectivity index (χ3v) is 3.38. The first-order valence-corrected chi connectivity index (χ1v) is 5.86. The Kier molecular flexibility index (Phi) is 3.05. The van der Waals surface area contributed by atoms with Gasteiger partial charge in [-0.1, -0.05) is 0 Å². The molecular weight excluding hydrogens is 222 g/mol. The monoisotopic (exact) mass is 235 g/mol. The summed E-state index contributed by atoms with van der Waals surface area (Å²) in [6.45, 7) is 2.83. The van der Waals surface area contributed by atoms with Crippen molar-refractivity contribution in [3.8, 4) is 0 Å². The largest absolute Gasteiger partial charge is 0.364 e. The summed E-state index contributed by atoms with van der Waals surface area (Å²) in [6.07, 6.45) is 0. The van der Waals surface area contributed by atoms with Gasteiger partial charge in [0.1, 0.15) is 5.82 Å². The zero-order valence-corrected chi connectivity index (χ0v) is 10.0. The fraction of sp³-hybridized carbons (Fsp3) is 0.273. The van der Waals surface area contributed by atoms with Crippen molar-refractivity contribution in [1.29, 1.82) is 0 Å². The van der Waals surface area contributed by atoms with E-state index in [1.807, 2.05) is 0 Å². The molecule has 4 nitrogen and oxygen atoms in total. The van der Waals surface area contributed by atoms with Gasteiger partial charge in [0.15, 0.2) is 0 Å². The highest BCUT2D eigenvalue weighted by Gasteiger charge is 2.01. The molecule has 2 heterocycles. The number of thiophene rings is 1. The molecule has 0 fully saturated rings. The molecule has 84 valence electrons. The molecular formula is C11H13N3OS. The molecule has 5 heteroatoms. The van der Waals surface area contributed by atoms with Gasteiger partial charge < -0.3 is 5.32 Å². The van der Waals surface area contributed by atoms with Gasteiger partial charge in [-0.15, -0.1) is 11.3 Å². The summed E-state index contributed by atoms with van der Waals surface area (Å²) in [5, 5.41) is 9.36. The minimum Gasteiger partial charge on any atom is -0.364 e. The van der Waals surface area contributed by atoms with Crippen molar-refractivity contribution >= 4 is 17.2 Å². The zero-order valence-electron chi connectivity index (χ0n) is 9.23. The molecule has 0 amide bonds. The van der Waals surface area contributed by atoms with Crippen molar-refractivity contribution < 1.29 is 0 Å². The molecule has 0 saturated carbocycles. The van der Waals surface area contributed by atoms with Crippen LogP contribution in [0.1, 0.15) is 10.4 Å². The highest BCUT2D eigenvalue weighted by molar-refractivity contribution is 7.10. The second-order valence-electron chi connectivity index (χ2n) is 3.56. The Morgan fingerprint density at radius 1 is 1.44 bits per heavy atom. The van der Waals surface area contributed by atoms with Crippen LogP contribution >= 0.6 is 11.3 Å². The molecule has 2 aromatic heterocycles. The summed E-state index contributed by atoms with van der Waals surface area (Å²) >= 11 is 1.72. The molecule has 1 N–H and O–H groups in total. The molecule has 2 rings (SSSR count). The van der Waals surface area contributed by atoms with Crippen LogP contribution in [-0.4, -0.2) is 9.78 Å². The van der Waals surface area contributed by atoms with E-state index in [1.165, 1.54) is 21.2 Å². The number of aromatic nitrogens is 2. The van der Waals surface area contributed by atoms with Crippen LogP contribution in [0.3, 0.4) is 0 Å². The van der Waals surface area contributed by atoms with Gasteiger partial charge in [-0.25, -0.2) is 4.68 Å². The molecule has 0 unspecified atom stereocenters. The summed E-state index contributed by atoms with van der Waals surface area (Å²) in [7, 11) is 1.64. The maximum atomic E-state index is 11.1. The predicted molar refractivity (Wildman–Crippen MR) is 65.9 cm³/mol. The number of nitrogens with zero attached hydrogens (tertiary/aromatic N) is 2. The first-order chi connectivity index (χ1) is 7.66. The summed E-state index contributed by atoms with van der Waals surface area (Å²) in [5.41, 5.74) is 1.18. The van der Waals surface area contributed by atoms with E-state index in [0.29, 0.717) is 0 Å². The summed E-state index contributed by atoms with van der Waals surface area (Å²) in [4.78, 5) is 12.4. The van der Waals surface area contributed by atoms with E-state index in [4.69, 9.17) is 0 Å². The van der Waals surface area contributed by atoms with Gasteiger partial charge in [0.05, 0.1) is 6.54 Å². The maximum Gasteiger partial charge on any atom is 0.266 e. The van der Waals surface area contributed by atoms with Crippen molar-refractivity contribution in [2.24, 2.45) is 7.05 Å². The Labute approximate surface area is 97.6 Å². The number of nitrogens with one attached hydrogen (secondary N) is 1. The molecule has 16 heavy (non-hydrogen) atoms. The lowest BCUT2D eigenvalue weighted by molar-refractivity contribution is 0.709. The van der Waals surface area contributed by atoms with Gasteiger partial charge in [-0.2, -0.15) is 5.10 Å². The average Bonchev–Trinajstić information content (AvgIpc) is 2.66. The molecule has 0 spiro atoms. The minimum atomic E-state index is -0.0992. The van der Waals surface area contributed by atoms with E-state index in [0.717, 1.165) is 12.4 Å². The maximum absolute atomic E-state index is 11.1. The van der Waals surface area contributed by atoms with Gasteiger partial charge in [0.2, 0.25) is 0 Å². The van der Waals surface area contributed by atoms with Gasteiger partial charge in [0.25, 0.3) is 5.56 Å². The van der Waals surface area contributed by atoms with E-state index in [1.54, 1.807) is 24.5 Å². The van der Waals surface area contributed by atoms with E-state index < -0.39 is 0 Å². The molecule has 0 radical (unpaired) electrons. The second kappa shape index (κ2) is 4.49. The average molecular weight is 235 g/mol. The van der Waals surface area contributed by atoms with Crippen LogP contribution in [0.4, 0.5) is 5.82 Å². The number of anilines is 1. The van der Waals surface area contributed by atoms with Gasteiger partial charge >= 0.3 is 0 Å². The Morgan fingerprint density at radius 3 is 2.88 bits per heavy atom. The number of hydrogen-bond donors (Lipinski definition) is 1. The molecule has 0 saturated heterocycles. The minimum absolute atomic E-state index is 0.0992. The van der Waals surface area contributed by atoms with Gasteiger partial charge in [0, 0.05) is 18.0 Å².